The Morgan fingerprint density at radius 3 is 2.72 bits per heavy atom. The third-order valence-electron chi connectivity index (χ3n) is 3.74. The minimum atomic E-state index is 0.680. The monoisotopic (exact) mass is 370 g/mol. The smallest absolute Gasteiger partial charge is 0.234 e. The van der Waals surface area contributed by atoms with Gasteiger partial charge in [-0.1, -0.05) is 23.4 Å². The van der Waals surface area contributed by atoms with Crippen molar-refractivity contribution >= 4 is 29.1 Å². The number of fused-ring (bicyclic) bond motifs is 1. The molecule has 4 rings (SSSR count). The summed E-state index contributed by atoms with van der Waals surface area (Å²) in [5.41, 5.74) is 3.99. The van der Waals surface area contributed by atoms with Crippen LogP contribution in [0.25, 0.3) is 17.2 Å². The molecule has 3 heterocycles. The molecule has 25 heavy (non-hydrogen) atoms. The second-order valence-electron chi connectivity index (χ2n) is 5.70. The maximum absolute atomic E-state index is 5.91. The molecule has 0 spiro atoms. The van der Waals surface area contributed by atoms with Crippen LogP contribution in [-0.4, -0.2) is 29.5 Å². The van der Waals surface area contributed by atoms with E-state index in [1.807, 2.05) is 54.8 Å². The zero-order chi connectivity index (χ0) is 17.4. The van der Waals surface area contributed by atoms with E-state index in [0.29, 0.717) is 15.9 Å². The van der Waals surface area contributed by atoms with E-state index in [2.05, 4.69) is 25.1 Å². The van der Waals surface area contributed by atoms with Gasteiger partial charge in [0.05, 0.1) is 5.69 Å². The SMILES string of the molecule is Cc1cc(C)n2cc(CSc3n[nH]c(-c4ccc(Cl)cc4)n3)nc2n1. The quantitative estimate of drug-likeness (QED) is 0.548. The molecule has 0 aliphatic carbocycles. The molecule has 6 nitrogen and oxygen atoms in total. The summed E-state index contributed by atoms with van der Waals surface area (Å²) in [5, 5.41) is 8.60. The number of aryl methyl sites for hydroxylation is 2. The van der Waals surface area contributed by atoms with Crippen LogP contribution in [0.5, 0.6) is 0 Å². The van der Waals surface area contributed by atoms with Crippen molar-refractivity contribution in [2.75, 3.05) is 0 Å². The third kappa shape index (κ3) is 3.38. The fourth-order valence-electron chi connectivity index (χ4n) is 2.57. The molecular weight excluding hydrogens is 356 g/mol. The number of halogens is 1. The lowest BCUT2D eigenvalue weighted by Gasteiger charge is -1.98. The number of benzene rings is 1. The standard InChI is InChI=1S/C17H15ClN6S/c1-10-7-11(2)24-8-14(20-16(24)19-10)9-25-17-21-15(22-23-17)12-3-5-13(18)6-4-12/h3-8H,9H2,1-2H3,(H,21,22,23). The maximum Gasteiger partial charge on any atom is 0.234 e. The maximum atomic E-state index is 5.91. The van der Waals surface area contributed by atoms with Crippen LogP contribution in [0.3, 0.4) is 0 Å². The molecular formula is C17H15ClN6S. The molecule has 0 amide bonds. The van der Waals surface area contributed by atoms with Crippen LogP contribution < -0.4 is 0 Å². The molecule has 8 heteroatoms. The van der Waals surface area contributed by atoms with E-state index in [0.717, 1.165) is 34.2 Å². The van der Waals surface area contributed by atoms with E-state index >= 15 is 0 Å². The summed E-state index contributed by atoms with van der Waals surface area (Å²) in [6, 6.07) is 9.53. The highest BCUT2D eigenvalue weighted by Crippen LogP contribution is 2.23. The van der Waals surface area contributed by atoms with Crippen LogP contribution in [0.4, 0.5) is 0 Å². The molecule has 126 valence electrons. The highest BCUT2D eigenvalue weighted by Gasteiger charge is 2.10. The number of H-pyrrole nitrogens is 1. The Labute approximate surface area is 153 Å². The van der Waals surface area contributed by atoms with Gasteiger partial charge in [-0.3, -0.25) is 9.50 Å². The van der Waals surface area contributed by atoms with Gasteiger partial charge in [-0.2, -0.15) is 0 Å². The van der Waals surface area contributed by atoms with Crippen molar-refractivity contribution in [2.45, 2.75) is 24.8 Å². The first-order valence-electron chi connectivity index (χ1n) is 7.72. The highest BCUT2D eigenvalue weighted by molar-refractivity contribution is 7.98. The second-order valence-corrected chi connectivity index (χ2v) is 7.08. The van der Waals surface area contributed by atoms with E-state index in [-0.39, 0.29) is 0 Å². The lowest BCUT2D eigenvalue weighted by atomic mass is 10.2. The van der Waals surface area contributed by atoms with E-state index < -0.39 is 0 Å². The molecule has 0 aliphatic heterocycles. The zero-order valence-corrected chi connectivity index (χ0v) is 15.3. The number of hydrogen-bond acceptors (Lipinski definition) is 5. The van der Waals surface area contributed by atoms with Crippen molar-refractivity contribution in [1.82, 2.24) is 29.5 Å². The van der Waals surface area contributed by atoms with Crippen molar-refractivity contribution in [3.63, 3.8) is 0 Å². The predicted molar refractivity (Wildman–Crippen MR) is 98.9 cm³/mol. The van der Waals surface area contributed by atoms with Gasteiger partial charge in [-0.15, -0.1) is 5.10 Å². The van der Waals surface area contributed by atoms with Crippen LogP contribution in [0, 0.1) is 13.8 Å². The number of hydrogen-bond donors (Lipinski definition) is 1. The predicted octanol–water partition coefficient (Wildman–Crippen LogP) is 4.08. The Morgan fingerprint density at radius 2 is 1.92 bits per heavy atom. The molecule has 0 atom stereocenters. The summed E-state index contributed by atoms with van der Waals surface area (Å²) in [6.07, 6.45) is 2.01. The van der Waals surface area contributed by atoms with Crippen LogP contribution >= 0.6 is 23.4 Å². The number of aromatic nitrogens is 6. The van der Waals surface area contributed by atoms with E-state index in [9.17, 15) is 0 Å². The summed E-state index contributed by atoms with van der Waals surface area (Å²) < 4.78 is 2.00. The highest BCUT2D eigenvalue weighted by atomic mass is 35.5. The van der Waals surface area contributed by atoms with E-state index in [1.54, 1.807) is 0 Å². The molecule has 0 unspecified atom stereocenters. The molecule has 0 radical (unpaired) electrons. The van der Waals surface area contributed by atoms with Gasteiger partial charge in [0, 0.05) is 33.9 Å². The van der Waals surface area contributed by atoms with Gasteiger partial charge < -0.3 is 0 Å². The molecule has 3 aromatic heterocycles. The molecule has 1 N–H and O–H groups in total. The number of aromatic amines is 1. The third-order valence-corrected chi connectivity index (χ3v) is 4.88. The first-order valence-corrected chi connectivity index (χ1v) is 9.08. The average Bonchev–Trinajstić information content (AvgIpc) is 3.20. The fourth-order valence-corrected chi connectivity index (χ4v) is 3.38. The molecule has 0 aliphatic rings. The second kappa shape index (κ2) is 6.50. The summed E-state index contributed by atoms with van der Waals surface area (Å²) in [5.74, 6) is 2.13. The van der Waals surface area contributed by atoms with Gasteiger partial charge in [0.15, 0.2) is 5.82 Å². The summed E-state index contributed by atoms with van der Waals surface area (Å²) in [4.78, 5) is 13.5. The Bertz CT molecular complexity index is 1040. The summed E-state index contributed by atoms with van der Waals surface area (Å²) in [7, 11) is 0. The van der Waals surface area contributed by atoms with E-state index in [4.69, 9.17) is 11.6 Å². The number of rotatable bonds is 4. The van der Waals surface area contributed by atoms with Gasteiger partial charge in [0.25, 0.3) is 0 Å². The summed E-state index contributed by atoms with van der Waals surface area (Å²) in [6.45, 7) is 4.02. The van der Waals surface area contributed by atoms with Gasteiger partial charge in [0.2, 0.25) is 10.9 Å². The average molecular weight is 371 g/mol. The van der Waals surface area contributed by atoms with E-state index in [1.165, 1.54) is 11.8 Å². The Morgan fingerprint density at radius 1 is 1.12 bits per heavy atom. The number of imidazole rings is 1. The van der Waals surface area contributed by atoms with Crippen LogP contribution in [-0.2, 0) is 5.75 Å². The molecule has 4 aromatic rings. The Hall–Kier alpha value is -2.38. The number of nitrogens with one attached hydrogen (secondary N) is 1. The van der Waals surface area contributed by atoms with Crippen LogP contribution in [0.15, 0.2) is 41.7 Å². The topological polar surface area (TPSA) is 71.8 Å². The fraction of sp³-hybridized carbons (Fsp3) is 0.176. The summed E-state index contributed by atoms with van der Waals surface area (Å²) >= 11 is 7.45. The number of nitrogens with zero attached hydrogens (tertiary/aromatic N) is 5. The lowest BCUT2D eigenvalue weighted by Crippen LogP contribution is -1.94. The van der Waals surface area contributed by atoms with Crippen molar-refractivity contribution in [1.29, 1.82) is 0 Å². The van der Waals surface area contributed by atoms with Crippen LogP contribution in [0.2, 0.25) is 5.02 Å². The van der Waals surface area contributed by atoms with Gasteiger partial charge >= 0.3 is 0 Å². The Balaban J connectivity index is 1.50. The normalized spacial score (nSPS) is 11.3. The van der Waals surface area contributed by atoms with Gasteiger partial charge in [-0.25, -0.2) is 15.0 Å². The van der Waals surface area contributed by atoms with Crippen molar-refractivity contribution in [2.24, 2.45) is 0 Å². The first-order chi connectivity index (χ1) is 12.1. The number of thioether (sulfide) groups is 1. The molecule has 0 bridgehead atoms. The van der Waals surface area contributed by atoms with Crippen molar-refractivity contribution in [3.05, 3.63) is 58.6 Å². The lowest BCUT2D eigenvalue weighted by molar-refractivity contribution is 0.972. The zero-order valence-electron chi connectivity index (χ0n) is 13.7. The minimum Gasteiger partial charge on any atom is -0.288 e. The Kier molecular flexibility index (Phi) is 4.19. The molecule has 0 fully saturated rings. The molecule has 0 saturated carbocycles. The first kappa shape index (κ1) is 16.1. The molecule has 0 saturated heterocycles. The van der Waals surface area contributed by atoms with Gasteiger partial charge in [0.1, 0.15) is 0 Å². The van der Waals surface area contributed by atoms with Gasteiger partial charge in [-0.05, 0) is 44.2 Å². The van der Waals surface area contributed by atoms with Crippen LogP contribution in [0.1, 0.15) is 17.1 Å². The minimum absolute atomic E-state index is 0.680. The van der Waals surface area contributed by atoms with Crippen molar-refractivity contribution in [3.8, 4) is 11.4 Å². The van der Waals surface area contributed by atoms with Crippen molar-refractivity contribution < 1.29 is 0 Å². The largest absolute Gasteiger partial charge is 0.288 e. The molecule has 1 aromatic carbocycles.